The number of allylic oxidation sites excluding steroid dienone is 1. The van der Waals surface area contributed by atoms with Gasteiger partial charge in [-0.25, -0.2) is 0 Å². The average molecular weight is 225 g/mol. The molecule has 3 unspecified atom stereocenters. The van der Waals surface area contributed by atoms with Crippen LogP contribution in [0.4, 0.5) is 0 Å². The SMILES string of the molecule is CCC(C)CCCCC=CC(C)C(N)CC. The van der Waals surface area contributed by atoms with Gasteiger partial charge in [0.2, 0.25) is 0 Å². The lowest BCUT2D eigenvalue weighted by atomic mass is 9.98. The maximum absolute atomic E-state index is 5.96. The molecule has 0 aromatic rings. The Kier molecular flexibility index (Phi) is 9.71. The van der Waals surface area contributed by atoms with Gasteiger partial charge >= 0.3 is 0 Å². The Morgan fingerprint density at radius 2 is 1.75 bits per heavy atom. The Bertz CT molecular complexity index is 174. The van der Waals surface area contributed by atoms with Gasteiger partial charge in [-0.1, -0.05) is 59.1 Å². The smallest absolute Gasteiger partial charge is 0.00966 e. The van der Waals surface area contributed by atoms with Gasteiger partial charge in [-0.15, -0.1) is 0 Å². The zero-order chi connectivity index (χ0) is 12.4. The van der Waals surface area contributed by atoms with Crippen LogP contribution in [0.2, 0.25) is 0 Å². The van der Waals surface area contributed by atoms with Crippen LogP contribution in [0.1, 0.15) is 66.2 Å². The van der Waals surface area contributed by atoms with Crippen molar-refractivity contribution in [2.75, 3.05) is 0 Å². The van der Waals surface area contributed by atoms with Crippen LogP contribution in [0.25, 0.3) is 0 Å². The van der Waals surface area contributed by atoms with E-state index < -0.39 is 0 Å². The van der Waals surface area contributed by atoms with Gasteiger partial charge in [0.15, 0.2) is 0 Å². The molecule has 0 aromatic carbocycles. The van der Waals surface area contributed by atoms with E-state index >= 15 is 0 Å². The molecule has 0 saturated heterocycles. The topological polar surface area (TPSA) is 26.0 Å². The van der Waals surface area contributed by atoms with Crippen molar-refractivity contribution in [2.45, 2.75) is 72.3 Å². The standard InChI is InChI=1S/C15H31N/c1-5-13(3)11-9-7-8-10-12-14(4)15(16)6-2/h10,12-15H,5-9,11,16H2,1-4H3. The molecule has 0 rings (SSSR count). The van der Waals surface area contributed by atoms with E-state index in [1.54, 1.807) is 0 Å². The van der Waals surface area contributed by atoms with Crippen LogP contribution >= 0.6 is 0 Å². The maximum atomic E-state index is 5.96. The fourth-order valence-electron chi connectivity index (χ4n) is 1.78. The van der Waals surface area contributed by atoms with Gasteiger partial charge in [0, 0.05) is 6.04 Å². The summed E-state index contributed by atoms with van der Waals surface area (Å²) < 4.78 is 0. The second-order valence-corrected chi connectivity index (χ2v) is 5.16. The quantitative estimate of drug-likeness (QED) is 0.453. The van der Waals surface area contributed by atoms with E-state index in [9.17, 15) is 0 Å². The number of rotatable bonds is 9. The van der Waals surface area contributed by atoms with Gasteiger partial charge in [0.05, 0.1) is 0 Å². The zero-order valence-corrected chi connectivity index (χ0v) is 11.7. The third-order valence-electron chi connectivity index (χ3n) is 3.60. The Balaban J connectivity index is 3.47. The first-order chi connectivity index (χ1) is 7.61. The van der Waals surface area contributed by atoms with Gasteiger partial charge in [-0.2, -0.15) is 0 Å². The van der Waals surface area contributed by atoms with Crippen LogP contribution in [0.3, 0.4) is 0 Å². The first kappa shape index (κ1) is 15.7. The minimum absolute atomic E-state index is 0.330. The van der Waals surface area contributed by atoms with E-state index in [-0.39, 0.29) is 0 Å². The molecule has 0 radical (unpaired) electrons. The van der Waals surface area contributed by atoms with Crippen molar-refractivity contribution in [2.24, 2.45) is 17.6 Å². The minimum atomic E-state index is 0.330. The molecule has 0 heterocycles. The van der Waals surface area contributed by atoms with Crippen molar-refractivity contribution in [3.8, 4) is 0 Å². The van der Waals surface area contributed by atoms with Crippen molar-refractivity contribution >= 4 is 0 Å². The summed E-state index contributed by atoms with van der Waals surface area (Å²) in [5.41, 5.74) is 5.96. The van der Waals surface area contributed by atoms with Gasteiger partial charge < -0.3 is 5.73 Å². The summed E-state index contributed by atoms with van der Waals surface area (Å²) in [6.07, 6.45) is 12.3. The first-order valence-corrected chi connectivity index (χ1v) is 7.04. The van der Waals surface area contributed by atoms with E-state index in [1.807, 2.05) is 0 Å². The molecule has 16 heavy (non-hydrogen) atoms. The van der Waals surface area contributed by atoms with E-state index in [0.29, 0.717) is 12.0 Å². The van der Waals surface area contributed by atoms with E-state index in [2.05, 4.69) is 39.8 Å². The van der Waals surface area contributed by atoms with Crippen LogP contribution in [0.15, 0.2) is 12.2 Å². The molecular formula is C15H31N. The summed E-state index contributed by atoms with van der Waals surface area (Å²) in [7, 11) is 0. The number of hydrogen-bond donors (Lipinski definition) is 1. The number of hydrogen-bond acceptors (Lipinski definition) is 1. The van der Waals surface area contributed by atoms with E-state index in [0.717, 1.165) is 12.3 Å². The lowest BCUT2D eigenvalue weighted by Crippen LogP contribution is -2.25. The molecule has 96 valence electrons. The molecule has 0 amide bonds. The third-order valence-corrected chi connectivity index (χ3v) is 3.60. The Morgan fingerprint density at radius 3 is 2.31 bits per heavy atom. The summed E-state index contributed by atoms with van der Waals surface area (Å²) in [5, 5.41) is 0. The molecule has 3 atom stereocenters. The Hall–Kier alpha value is -0.300. The highest BCUT2D eigenvalue weighted by atomic mass is 14.6. The fraction of sp³-hybridized carbons (Fsp3) is 0.867. The number of nitrogens with two attached hydrogens (primary N) is 1. The van der Waals surface area contributed by atoms with Crippen molar-refractivity contribution in [3.05, 3.63) is 12.2 Å². The van der Waals surface area contributed by atoms with Gasteiger partial charge in [0.1, 0.15) is 0 Å². The molecule has 0 aromatic heterocycles. The normalized spacial score (nSPS) is 17.6. The van der Waals surface area contributed by atoms with Crippen molar-refractivity contribution in [1.29, 1.82) is 0 Å². The molecule has 0 fully saturated rings. The molecule has 0 spiro atoms. The van der Waals surface area contributed by atoms with Crippen LogP contribution in [0, 0.1) is 11.8 Å². The van der Waals surface area contributed by atoms with Gasteiger partial charge in [-0.3, -0.25) is 0 Å². The molecule has 1 heteroatoms. The highest BCUT2D eigenvalue weighted by Gasteiger charge is 2.05. The lowest BCUT2D eigenvalue weighted by molar-refractivity contribution is 0.485. The minimum Gasteiger partial charge on any atom is -0.327 e. The molecule has 0 bridgehead atoms. The van der Waals surface area contributed by atoms with Crippen LogP contribution in [-0.2, 0) is 0 Å². The third kappa shape index (κ3) is 7.92. The summed E-state index contributed by atoms with van der Waals surface area (Å²) in [6.45, 7) is 8.99. The monoisotopic (exact) mass is 225 g/mol. The Labute approximate surface area is 102 Å². The van der Waals surface area contributed by atoms with Crippen LogP contribution in [0.5, 0.6) is 0 Å². The van der Waals surface area contributed by atoms with Crippen LogP contribution in [-0.4, -0.2) is 6.04 Å². The maximum Gasteiger partial charge on any atom is 0.00966 e. The largest absolute Gasteiger partial charge is 0.327 e. The predicted molar refractivity (Wildman–Crippen MR) is 74.5 cm³/mol. The summed E-state index contributed by atoms with van der Waals surface area (Å²) in [6, 6.07) is 0.330. The molecule has 0 aliphatic rings. The van der Waals surface area contributed by atoms with E-state index in [4.69, 9.17) is 5.73 Å². The molecule has 2 N–H and O–H groups in total. The van der Waals surface area contributed by atoms with E-state index in [1.165, 1.54) is 32.1 Å². The average Bonchev–Trinajstić information content (AvgIpc) is 2.31. The molecule has 1 nitrogen and oxygen atoms in total. The second-order valence-electron chi connectivity index (χ2n) is 5.16. The van der Waals surface area contributed by atoms with Crippen molar-refractivity contribution in [3.63, 3.8) is 0 Å². The molecule has 0 aliphatic carbocycles. The van der Waals surface area contributed by atoms with Gasteiger partial charge in [-0.05, 0) is 31.1 Å². The zero-order valence-electron chi connectivity index (χ0n) is 11.7. The predicted octanol–water partition coefficient (Wildman–Crippen LogP) is 4.52. The highest BCUT2D eigenvalue weighted by Crippen LogP contribution is 2.13. The summed E-state index contributed by atoms with van der Waals surface area (Å²) in [4.78, 5) is 0. The highest BCUT2D eigenvalue weighted by molar-refractivity contribution is 4.90. The fourth-order valence-corrected chi connectivity index (χ4v) is 1.78. The molecule has 0 aliphatic heterocycles. The Morgan fingerprint density at radius 1 is 1.06 bits per heavy atom. The summed E-state index contributed by atoms with van der Waals surface area (Å²) >= 11 is 0. The summed E-state index contributed by atoms with van der Waals surface area (Å²) in [5.74, 6) is 1.43. The van der Waals surface area contributed by atoms with Crippen LogP contribution < -0.4 is 5.73 Å². The van der Waals surface area contributed by atoms with Crippen molar-refractivity contribution in [1.82, 2.24) is 0 Å². The van der Waals surface area contributed by atoms with Gasteiger partial charge in [0.25, 0.3) is 0 Å². The number of unbranched alkanes of at least 4 members (excludes halogenated alkanes) is 2. The van der Waals surface area contributed by atoms with Crippen molar-refractivity contribution < 1.29 is 0 Å². The molecular weight excluding hydrogens is 194 g/mol. The molecule has 0 saturated carbocycles. The lowest BCUT2D eigenvalue weighted by Gasteiger charge is -2.13. The second kappa shape index (κ2) is 9.89. The first-order valence-electron chi connectivity index (χ1n) is 7.04.